The first kappa shape index (κ1) is 12.0. The molecule has 1 aromatic heterocycles. The number of carbonyl (C=O) groups is 1. The van der Waals surface area contributed by atoms with E-state index < -0.39 is 0 Å². The van der Waals surface area contributed by atoms with Crippen LogP contribution in [0.4, 0.5) is 0 Å². The van der Waals surface area contributed by atoms with Crippen LogP contribution < -0.4 is 4.74 Å². The number of hydrogen-bond acceptors (Lipinski definition) is 5. The van der Waals surface area contributed by atoms with E-state index in [2.05, 4.69) is 14.7 Å². The molecule has 0 aliphatic rings. The Morgan fingerprint density at radius 1 is 1.11 bits per heavy atom. The predicted molar refractivity (Wildman–Crippen MR) is 65.4 cm³/mol. The summed E-state index contributed by atoms with van der Waals surface area (Å²) >= 11 is 0. The molecule has 5 nitrogen and oxygen atoms in total. The topological polar surface area (TPSA) is 61.3 Å². The molecular formula is C13H12N2O3. The van der Waals surface area contributed by atoms with Crippen molar-refractivity contribution in [3.63, 3.8) is 0 Å². The first-order chi connectivity index (χ1) is 8.74. The van der Waals surface area contributed by atoms with Crippen molar-refractivity contribution < 1.29 is 14.3 Å². The van der Waals surface area contributed by atoms with Crippen molar-refractivity contribution in [2.45, 2.75) is 0 Å². The summed E-state index contributed by atoms with van der Waals surface area (Å²) in [4.78, 5) is 19.4. The lowest BCUT2D eigenvalue weighted by atomic mass is 10.1. The molecule has 0 N–H and O–H groups in total. The molecular weight excluding hydrogens is 232 g/mol. The van der Waals surface area contributed by atoms with Gasteiger partial charge in [0.05, 0.1) is 25.5 Å². The molecule has 18 heavy (non-hydrogen) atoms. The van der Waals surface area contributed by atoms with Gasteiger partial charge >= 0.3 is 12.0 Å². The molecule has 0 aliphatic carbocycles. The Kier molecular flexibility index (Phi) is 3.52. The third-order valence-electron chi connectivity index (χ3n) is 2.42. The summed E-state index contributed by atoms with van der Waals surface area (Å²) in [6.07, 6.45) is 1.62. The summed E-state index contributed by atoms with van der Waals surface area (Å²) in [6.45, 7) is 0. The van der Waals surface area contributed by atoms with Crippen LogP contribution in [-0.2, 0) is 4.74 Å². The van der Waals surface area contributed by atoms with E-state index in [0.29, 0.717) is 11.6 Å². The van der Waals surface area contributed by atoms with Crippen LogP contribution in [0.25, 0.3) is 11.3 Å². The number of hydrogen-bond donors (Lipinski definition) is 0. The zero-order valence-corrected chi connectivity index (χ0v) is 10.1. The molecule has 2 aromatic rings. The Hall–Kier alpha value is -2.43. The summed E-state index contributed by atoms with van der Waals surface area (Å²) < 4.78 is 9.59. The maximum atomic E-state index is 11.3. The highest BCUT2D eigenvalue weighted by atomic mass is 16.5. The lowest BCUT2D eigenvalue weighted by molar-refractivity contribution is 0.0601. The zero-order chi connectivity index (χ0) is 13.0. The second kappa shape index (κ2) is 5.27. The number of methoxy groups -OCH3 is 2. The lowest BCUT2D eigenvalue weighted by Crippen LogP contribution is -2.00. The molecule has 0 unspecified atom stereocenters. The maximum Gasteiger partial charge on any atom is 0.337 e. The molecule has 0 fully saturated rings. The molecule has 0 saturated heterocycles. The van der Waals surface area contributed by atoms with Crippen LogP contribution in [0.5, 0.6) is 6.01 Å². The minimum Gasteiger partial charge on any atom is -0.467 e. The number of benzene rings is 1. The molecule has 1 heterocycles. The minimum absolute atomic E-state index is 0.310. The molecule has 92 valence electrons. The van der Waals surface area contributed by atoms with Gasteiger partial charge < -0.3 is 9.47 Å². The largest absolute Gasteiger partial charge is 0.467 e. The van der Waals surface area contributed by atoms with E-state index in [1.165, 1.54) is 14.2 Å². The van der Waals surface area contributed by atoms with Crippen LogP contribution in [0.3, 0.4) is 0 Å². The second-order valence-electron chi connectivity index (χ2n) is 3.50. The van der Waals surface area contributed by atoms with Crippen LogP contribution in [0.2, 0.25) is 0 Å². The smallest absolute Gasteiger partial charge is 0.337 e. The molecule has 0 radical (unpaired) electrons. The van der Waals surface area contributed by atoms with E-state index in [4.69, 9.17) is 4.74 Å². The molecule has 0 atom stereocenters. The van der Waals surface area contributed by atoms with Crippen molar-refractivity contribution in [3.05, 3.63) is 42.1 Å². The highest BCUT2D eigenvalue weighted by Crippen LogP contribution is 2.19. The Morgan fingerprint density at radius 3 is 2.44 bits per heavy atom. The number of ether oxygens (including phenoxy) is 2. The van der Waals surface area contributed by atoms with Crippen LogP contribution in [0.15, 0.2) is 36.5 Å². The molecule has 0 aliphatic heterocycles. The van der Waals surface area contributed by atoms with Gasteiger partial charge in [0.15, 0.2) is 0 Å². The fourth-order valence-electron chi connectivity index (χ4n) is 1.49. The number of esters is 1. The Labute approximate surface area is 104 Å². The van der Waals surface area contributed by atoms with Gasteiger partial charge in [-0.1, -0.05) is 12.1 Å². The quantitative estimate of drug-likeness (QED) is 0.772. The van der Waals surface area contributed by atoms with Gasteiger partial charge in [-0.25, -0.2) is 9.78 Å². The van der Waals surface area contributed by atoms with Crippen LogP contribution in [0.1, 0.15) is 10.4 Å². The van der Waals surface area contributed by atoms with Crippen LogP contribution in [0, 0.1) is 0 Å². The average molecular weight is 244 g/mol. The number of aromatic nitrogens is 2. The van der Waals surface area contributed by atoms with Crippen molar-refractivity contribution in [1.29, 1.82) is 0 Å². The van der Waals surface area contributed by atoms with Crippen LogP contribution in [-0.4, -0.2) is 30.2 Å². The Morgan fingerprint density at radius 2 is 1.83 bits per heavy atom. The fraction of sp³-hybridized carbons (Fsp3) is 0.154. The third-order valence-corrected chi connectivity index (χ3v) is 2.42. The lowest BCUT2D eigenvalue weighted by Gasteiger charge is -2.04. The van der Waals surface area contributed by atoms with Gasteiger partial charge in [-0.2, -0.15) is 4.98 Å². The summed E-state index contributed by atoms with van der Waals surface area (Å²) in [5.41, 5.74) is 2.11. The summed E-state index contributed by atoms with van der Waals surface area (Å²) in [5, 5.41) is 0. The minimum atomic E-state index is -0.359. The Balaban J connectivity index is 2.31. The van der Waals surface area contributed by atoms with E-state index in [1.807, 2.05) is 0 Å². The average Bonchev–Trinajstić information content (AvgIpc) is 2.46. The highest BCUT2D eigenvalue weighted by Gasteiger charge is 2.06. The van der Waals surface area contributed by atoms with Gasteiger partial charge in [0.2, 0.25) is 0 Å². The third kappa shape index (κ3) is 2.45. The molecule has 1 aromatic carbocycles. The Bertz CT molecular complexity index is 552. The molecule has 2 rings (SSSR count). The van der Waals surface area contributed by atoms with Gasteiger partial charge in [-0.05, 0) is 18.2 Å². The van der Waals surface area contributed by atoms with E-state index >= 15 is 0 Å². The maximum absolute atomic E-state index is 11.3. The summed E-state index contributed by atoms with van der Waals surface area (Å²) in [5.74, 6) is -0.359. The van der Waals surface area contributed by atoms with E-state index in [1.54, 1.807) is 36.5 Å². The highest BCUT2D eigenvalue weighted by molar-refractivity contribution is 5.89. The van der Waals surface area contributed by atoms with Crippen LogP contribution >= 0.6 is 0 Å². The predicted octanol–water partition coefficient (Wildman–Crippen LogP) is 1.94. The number of rotatable bonds is 3. The second-order valence-corrected chi connectivity index (χ2v) is 3.50. The first-order valence-corrected chi connectivity index (χ1v) is 5.30. The normalized spacial score (nSPS) is 9.89. The molecule has 0 bridgehead atoms. The monoisotopic (exact) mass is 244 g/mol. The van der Waals surface area contributed by atoms with Crippen molar-refractivity contribution in [2.75, 3.05) is 14.2 Å². The molecule has 0 spiro atoms. The van der Waals surface area contributed by atoms with Crippen molar-refractivity contribution in [2.24, 2.45) is 0 Å². The van der Waals surface area contributed by atoms with Gasteiger partial charge in [0, 0.05) is 11.8 Å². The van der Waals surface area contributed by atoms with E-state index in [9.17, 15) is 4.79 Å². The van der Waals surface area contributed by atoms with Gasteiger partial charge in [-0.3, -0.25) is 0 Å². The van der Waals surface area contributed by atoms with Gasteiger partial charge in [0.25, 0.3) is 0 Å². The molecule has 0 saturated carbocycles. The summed E-state index contributed by atoms with van der Waals surface area (Å²) in [7, 11) is 2.87. The standard InChI is InChI=1S/C13H12N2O3/c1-17-12(16)10-5-3-9(4-6-10)11-7-8-14-13(15-11)18-2/h3-8H,1-2H3. The van der Waals surface area contributed by atoms with Crippen molar-refractivity contribution >= 4 is 5.97 Å². The zero-order valence-electron chi connectivity index (χ0n) is 10.1. The summed E-state index contributed by atoms with van der Waals surface area (Å²) in [6, 6.07) is 9.06. The number of nitrogens with zero attached hydrogens (tertiary/aromatic N) is 2. The van der Waals surface area contributed by atoms with Gasteiger partial charge in [-0.15, -0.1) is 0 Å². The van der Waals surface area contributed by atoms with Crippen molar-refractivity contribution in [3.8, 4) is 17.3 Å². The van der Waals surface area contributed by atoms with Gasteiger partial charge in [0.1, 0.15) is 0 Å². The first-order valence-electron chi connectivity index (χ1n) is 5.30. The SMILES string of the molecule is COC(=O)c1ccc(-c2ccnc(OC)n2)cc1. The molecule has 0 amide bonds. The van der Waals surface area contributed by atoms with E-state index in [-0.39, 0.29) is 5.97 Å². The van der Waals surface area contributed by atoms with Crippen molar-refractivity contribution in [1.82, 2.24) is 9.97 Å². The molecule has 5 heteroatoms. The fourth-order valence-corrected chi connectivity index (χ4v) is 1.49. The number of carbonyl (C=O) groups excluding carboxylic acids is 1. The van der Waals surface area contributed by atoms with E-state index in [0.717, 1.165) is 11.3 Å².